The molecule has 1 atom stereocenters. The minimum atomic E-state index is 0.656. The lowest BCUT2D eigenvalue weighted by Gasteiger charge is -2.09. The zero-order valence-electron chi connectivity index (χ0n) is 9.66. The molecule has 1 heterocycles. The summed E-state index contributed by atoms with van der Waals surface area (Å²) in [6.45, 7) is 3.20. The number of benzene rings is 1. The highest BCUT2D eigenvalue weighted by atomic mass is 32.2. The Morgan fingerprint density at radius 2 is 2.25 bits per heavy atom. The molecule has 0 spiro atoms. The van der Waals surface area contributed by atoms with E-state index < -0.39 is 0 Å². The molecule has 2 aromatic rings. The van der Waals surface area contributed by atoms with E-state index in [0.29, 0.717) is 5.92 Å². The van der Waals surface area contributed by atoms with E-state index >= 15 is 0 Å². The van der Waals surface area contributed by atoms with Crippen molar-refractivity contribution < 1.29 is 0 Å². The second kappa shape index (κ2) is 5.25. The Hall–Kier alpha value is -1.16. The number of hydrogen-bond acceptors (Lipinski definition) is 3. The number of aromatic nitrogens is 2. The number of nitrogens with zero attached hydrogens (tertiary/aromatic N) is 1. The Labute approximate surface area is 100 Å². The van der Waals surface area contributed by atoms with Crippen LogP contribution in [-0.4, -0.2) is 28.5 Å². The molecule has 0 radical (unpaired) electrons. The predicted octanol–water partition coefficient (Wildman–Crippen LogP) is 2.97. The first-order chi connectivity index (χ1) is 7.79. The molecule has 16 heavy (non-hydrogen) atoms. The average Bonchev–Trinajstić information content (AvgIpc) is 2.69. The monoisotopic (exact) mass is 235 g/mol. The highest BCUT2D eigenvalue weighted by molar-refractivity contribution is 7.98. The number of anilines is 1. The van der Waals surface area contributed by atoms with Gasteiger partial charge in [-0.25, -0.2) is 4.98 Å². The van der Waals surface area contributed by atoms with E-state index in [9.17, 15) is 0 Å². The molecule has 0 fully saturated rings. The maximum atomic E-state index is 4.47. The highest BCUT2D eigenvalue weighted by Crippen LogP contribution is 2.14. The van der Waals surface area contributed by atoms with Crippen molar-refractivity contribution in [3.63, 3.8) is 0 Å². The molecule has 2 rings (SSSR count). The van der Waals surface area contributed by atoms with Crippen molar-refractivity contribution >= 4 is 28.7 Å². The molecule has 1 aromatic carbocycles. The lowest BCUT2D eigenvalue weighted by molar-refractivity contribution is 0.698. The molecule has 0 aliphatic rings. The summed E-state index contributed by atoms with van der Waals surface area (Å²) < 4.78 is 0. The number of hydrogen-bond donors (Lipinski definition) is 2. The van der Waals surface area contributed by atoms with Crippen LogP contribution in [0.5, 0.6) is 0 Å². The second-order valence-electron chi connectivity index (χ2n) is 4.04. The lowest BCUT2D eigenvalue weighted by atomic mass is 10.2. The SMILES string of the molecule is CSCC(C)CNc1nc2ccccc2[nH]1. The van der Waals surface area contributed by atoms with Crippen LogP contribution in [0.4, 0.5) is 5.95 Å². The fraction of sp³-hybridized carbons (Fsp3) is 0.417. The Bertz CT molecular complexity index is 419. The van der Waals surface area contributed by atoms with Crippen molar-refractivity contribution in [3.8, 4) is 0 Å². The molecule has 86 valence electrons. The van der Waals surface area contributed by atoms with Gasteiger partial charge in [0, 0.05) is 6.54 Å². The number of H-pyrrole nitrogens is 1. The summed E-state index contributed by atoms with van der Waals surface area (Å²) in [7, 11) is 0. The summed E-state index contributed by atoms with van der Waals surface area (Å²) in [5.41, 5.74) is 2.10. The third-order valence-electron chi connectivity index (χ3n) is 2.46. The number of rotatable bonds is 5. The topological polar surface area (TPSA) is 40.7 Å². The lowest BCUT2D eigenvalue weighted by Crippen LogP contribution is -2.13. The molecule has 3 nitrogen and oxygen atoms in total. The smallest absolute Gasteiger partial charge is 0.201 e. The van der Waals surface area contributed by atoms with Crippen molar-refractivity contribution in [2.75, 3.05) is 23.9 Å². The van der Waals surface area contributed by atoms with Gasteiger partial charge in [-0.1, -0.05) is 19.1 Å². The van der Waals surface area contributed by atoms with Gasteiger partial charge in [-0.05, 0) is 30.1 Å². The Morgan fingerprint density at radius 1 is 1.44 bits per heavy atom. The average molecular weight is 235 g/mol. The van der Waals surface area contributed by atoms with E-state index in [1.54, 1.807) is 0 Å². The van der Waals surface area contributed by atoms with Gasteiger partial charge in [0.25, 0.3) is 0 Å². The van der Waals surface area contributed by atoms with Crippen molar-refractivity contribution in [2.24, 2.45) is 5.92 Å². The largest absolute Gasteiger partial charge is 0.356 e. The van der Waals surface area contributed by atoms with Crippen LogP contribution < -0.4 is 5.32 Å². The Morgan fingerprint density at radius 3 is 3.00 bits per heavy atom. The molecule has 0 amide bonds. The van der Waals surface area contributed by atoms with Gasteiger partial charge in [-0.15, -0.1) is 0 Å². The van der Waals surface area contributed by atoms with Gasteiger partial charge in [0.15, 0.2) is 0 Å². The summed E-state index contributed by atoms with van der Waals surface area (Å²) in [4.78, 5) is 7.74. The van der Waals surface area contributed by atoms with Gasteiger partial charge < -0.3 is 10.3 Å². The number of thioether (sulfide) groups is 1. The fourth-order valence-corrected chi connectivity index (χ4v) is 2.34. The van der Waals surface area contributed by atoms with E-state index in [4.69, 9.17) is 0 Å². The summed E-state index contributed by atoms with van der Waals surface area (Å²) in [6, 6.07) is 8.07. The number of nitrogens with one attached hydrogen (secondary N) is 2. The van der Waals surface area contributed by atoms with E-state index in [1.807, 2.05) is 36.0 Å². The molecule has 4 heteroatoms. The van der Waals surface area contributed by atoms with Gasteiger partial charge in [0.1, 0.15) is 0 Å². The molecule has 0 bridgehead atoms. The van der Waals surface area contributed by atoms with Gasteiger partial charge in [0.05, 0.1) is 11.0 Å². The molecule has 0 aliphatic heterocycles. The minimum Gasteiger partial charge on any atom is -0.356 e. The van der Waals surface area contributed by atoms with Crippen LogP contribution >= 0.6 is 11.8 Å². The molecule has 2 N–H and O–H groups in total. The van der Waals surface area contributed by atoms with Gasteiger partial charge in [-0.2, -0.15) is 11.8 Å². The van der Waals surface area contributed by atoms with Crippen LogP contribution in [0.2, 0.25) is 0 Å². The van der Waals surface area contributed by atoms with E-state index in [0.717, 1.165) is 23.5 Å². The number of aromatic amines is 1. The van der Waals surface area contributed by atoms with Crippen molar-refractivity contribution in [3.05, 3.63) is 24.3 Å². The van der Waals surface area contributed by atoms with Crippen molar-refractivity contribution in [1.82, 2.24) is 9.97 Å². The van der Waals surface area contributed by atoms with E-state index in [2.05, 4.69) is 28.5 Å². The van der Waals surface area contributed by atoms with Crippen LogP contribution in [-0.2, 0) is 0 Å². The third kappa shape index (κ3) is 2.70. The Balaban J connectivity index is 1.99. The standard InChI is InChI=1S/C12H17N3S/c1-9(8-16-2)7-13-12-14-10-5-3-4-6-11(10)15-12/h3-6,9H,7-8H2,1-2H3,(H2,13,14,15). The van der Waals surface area contributed by atoms with E-state index in [1.165, 1.54) is 5.75 Å². The van der Waals surface area contributed by atoms with Gasteiger partial charge in [-0.3, -0.25) is 0 Å². The molecule has 1 unspecified atom stereocenters. The first-order valence-corrected chi connectivity index (χ1v) is 6.86. The van der Waals surface area contributed by atoms with Crippen molar-refractivity contribution in [1.29, 1.82) is 0 Å². The zero-order valence-corrected chi connectivity index (χ0v) is 10.5. The highest BCUT2D eigenvalue weighted by Gasteiger charge is 2.04. The number of para-hydroxylation sites is 2. The summed E-state index contributed by atoms with van der Waals surface area (Å²) in [5, 5.41) is 3.34. The van der Waals surface area contributed by atoms with Crippen LogP contribution in [0.25, 0.3) is 11.0 Å². The van der Waals surface area contributed by atoms with Crippen LogP contribution in [0, 0.1) is 5.92 Å². The Kier molecular flexibility index (Phi) is 3.72. The predicted molar refractivity (Wildman–Crippen MR) is 72.1 cm³/mol. The maximum absolute atomic E-state index is 4.47. The molecule has 0 aliphatic carbocycles. The van der Waals surface area contributed by atoms with Gasteiger partial charge >= 0.3 is 0 Å². The van der Waals surface area contributed by atoms with Crippen LogP contribution in [0.3, 0.4) is 0 Å². The molecular formula is C12H17N3S. The van der Waals surface area contributed by atoms with Crippen LogP contribution in [0.1, 0.15) is 6.92 Å². The van der Waals surface area contributed by atoms with Gasteiger partial charge in [0.2, 0.25) is 5.95 Å². The minimum absolute atomic E-state index is 0.656. The first-order valence-electron chi connectivity index (χ1n) is 5.47. The second-order valence-corrected chi connectivity index (χ2v) is 4.95. The fourth-order valence-electron chi connectivity index (χ4n) is 1.65. The first kappa shape index (κ1) is 11.3. The summed E-state index contributed by atoms with van der Waals surface area (Å²) in [5.74, 6) is 2.70. The summed E-state index contributed by atoms with van der Waals surface area (Å²) in [6.07, 6.45) is 2.14. The van der Waals surface area contributed by atoms with Crippen molar-refractivity contribution in [2.45, 2.75) is 6.92 Å². The molecule has 0 saturated heterocycles. The zero-order chi connectivity index (χ0) is 11.4. The maximum Gasteiger partial charge on any atom is 0.201 e. The molecular weight excluding hydrogens is 218 g/mol. The van der Waals surface area contributed by atoms with E-state index in [-0.39, 0.29) is 0 Å². The normalized spacial score (nSPS) is 12.9. The summed E-state index contributed by atoms with van der Waals surface area (Å²) >= 11 is 1.88. The number of fused-ring (bicyclic) bond motifs is 1. The third-order valence-corrected chi connectivity index (χ3v) is 3.36. The quantitative estimate of drug-likeness (QED) is 0.837. The van der Waals surface area contributed by atoms with Crippen LogP contribution in [0.15, 0.2) is 24.3 Å². The number of imidazole rings is 1. The molecule has 1 aromatic heterocycles. The molecule has 0 saturated carbocycles.